The van der Waals surface area contributed by atoms with Crippen molar-refractivity contribution in [1.29, 1.82) is 0 Å². The van der Waals surface area contributed by atoms with Crippen LogP contribution < -0.4 is 15.2 Å². The molecule has 1 saturated heterocycles. The standard InChI is InChI=1S/C27H39N5O4SSi/c1-19-13-20(2)17-31(16-19)26-10-7-22(15-28-26)30-37(34,35)23-8-9-25-24(14-23)27(33)32(21(3)29-25)18-36-11-12-38(4,5)6/h7-10,14-15,19-20,30H,11-13,16-18H2,1-6H3/t19-,20-/m1/s1. The molecule has 1 fully saturated rings. The summed E-state index contributed by atoms with van der Waals surface area (Å²) in [4.78, 5) is 24.5. The molecule has 0 saturated carbocycles. The number of benzene rings is 1. The van der Waals surface area contributed by atoms with Crippen molar-refractivity contribution in [1.82, 2.24) is 14.5 Å². The van der Waals surface area contributed by atoms with E-state index in [9.17, 15) is 13.2 Å². The predicted octanol–water partition coefficient (Wildman–Crippen LogP) is 4.70. The van der Waals surface area contributed by atoms with Crippen molar-refractivity contribution in [2.75, 3.05) is 29.3 Å². The van der Waals surface area contributed by atoms with E-state index < -0.39 is 18.1 Å². The number of pyridine rings is 1. The second kappa shape index (κ2) is 11.2. The number of aryl methyl sites for hydroxylation is 1. The molecular formula is C27H39N5O4SSi. The Morgan fingerprint density at radius 1 is 1.11 bits per heavy atom. The number of sulfonamides is 1. The van der Waals surface area contributed by atoms with Crippen LogP contribution in [0.3, 0.4) is 0 Å². The maximum atomic E-state index is 13.2. The quantitative estimate of drug-likeness (QED) is 0.300. The Bertz CT molecular complexity index is 1440. The number of piperidine rings is 1. The van der Waals surface area contributed by atoms with Gasteiger partial charge in [-0.1, -0.05) is 33.5 Å². The monoisotopic (exact) mass is 557 g/mol. The SMILES string of the molecule is Cc1nc2ccc(S(=O)(=O)Nc3ccc(N4C[C@H](C)C[C@@H](C)C4)nc3)cc2c(=O)n1COCC[Si](C)(C)C. The lowest BCUT2D eigenvalue weighted by atomic mass is 9.92. The highest BCUT2D eigenvalue weighted by molar-refractivity contribution is 7.92. The lowest BCUT2D eigenvalue weighted by Gasteiger charge is -2.35. The van der Waals surface area contributed by atoms with Crippen LogP contribution in [0.2, 0.25) is 25.7 Å². The molecule has 1 aliphatic rings. The van der Waals surface area contributed by atoms with Gasteiger partial charge in [-0.3, -0.25) is 14.1 Å². The first-order valence-corrected chi connectivity index (χ1v) is 18.3. The average molecular weight is 558 g/mol. The first kappa shape index (κ1) is 28.3. The first-order valence-electron chi connectivity index (χ1n) is 13.2. The molecule has 0 bridgehead atoms. The molecule has 4 rings (SSSR count). The summed E-state index contributed by atoms with van der Waals surface area (Å²) in [5.74, 6) is 2.54. The first-order chi connectivity index (χ1) is 17.8. The molecule has 206 valence electrons. The van der Waals surface area contributed by atoms with E-state index in [2.05, 4.69) is 53.1 Å². The fourth-order valence-corrected chi connectivity index (χ4v) is 6.69. The van der Waals surface area contributed by atoms with Gasteiger partial charge in [0.05, 0.1) is 27.7 Å². The van der Waals surface area contributed by atoms with Crippen LogP contribution in [0.1, 0.15) is 26.1 Å². The van der Waals surface area contributed by atoms with Crippen LogP contribution in [0.15, 0.2) is 46.2 Å². The minimum absolute atomic E-state index is 0.0123. The second-order valence-electron chi connectivity index (χ2n) is 11.8. The third-order valence-electron chi connectivity index (χ3n) is 6.84. The number of rotatable bonds is 9. The third-order valence-corrected chi connectivity index (χ3v) is 9.92. The summed E-state index contributed by atoms with van der Waals surface area (Å²) in [7, 11) is -5.20. The number of nitrogens with one attached hydrogen (secondary N) is 1. The molecule has 2 atom stereocenters. The maximum Gasteiger partial charge on any atom is 0.263 e. The molecule has 1 aliphatic heterocycles. The molecule has 0 amide bonds. The lowest BCUT2D eigenvalue weighted by Crippen LogP contribution is -2.39. The third kappa shape index (κ3) is 6.81. The highest BCUT2D eigenvalue weighted by atomic mass is 32.2. The van der Waals surface area contributed by atoms with Gasteiger partial charge in [-0.05, 0) is 61.6 Å². The largest absolute Gasteiger partial charge is 0.361 e. The van der Waals surface area contributed by atoms with Crippen LogP contribution in [0.4, 0.5) is 11.5 Å². The Labute approximate surface area is 226 Å². The van der Waals surface area contributed by atoms with E-state index in [0.717, 1.165) is 25.0 Å². The average Bonchev–Trinajstić information content (AvgIpc) is 2.82. The Morgan fingerprint density at radius 3 is 2.45 bits per heavy atom. The number of ether oxygens (including phenoxy) is 1. The zero-order valence-corrected chi connectivity index (χ0v) is 25.0. The van der Waals surface area contributed by atoms with Gasteiger partial charge in [-0.15, -0.1) is 0 Å². The van der Waals surface area contributed by atoms with Crippen molar-refractivity contribution in [3.63, 3.8) is 0 Å². The smallest absolute Gasteiger partial charge is 0.263 e. The number of aromatic nitrogens is 3. The summed E-state index contributed by atoms with van der Waals surface area (Å²) < 4.78 is 36.2. The van der Waals surface area contributed by atoms with Crippen LogP contribution in [0.25, 0.3) is 10.9 Å². The van der Waals surface area contributed by atoms with Gasteiger partial charge >= 0.3 is 0 Å². The molecule has 3 heterocycles. The molecule has 0 radical (unpaired) electrons. The minimum Gasteiger partial charge on any atom is -0.361 e. The fourth-order valence-electron chi connectivity index (χ4n) is 4.86. The van der Waals surface area contributed by atoms with Gasteiger partial charge in [0.25, 0.3) is 15.6 Å². The van der Waals surface area contributed by atoms with Crippen LogP contribution in [-0.2, 0) is 21.5 Å². The summed E-state index contributed by atoms with van der Waals surface area (Å²) in [5.41, 5.74) is 0.483. The molecule has 2 aromatic heterocycles. The van der Waals surface area contributed by atoms with Crippen molar-refractivity contribution in [2.24, 2.45) is 11.8 Å². The Balaban J connectivity index is 1.52. The second-order valence-corrected chi connectivity index (χ2v) is 19.1. The molecule has 1 aromatic carbocycles. The summed E-state index contributed by atoms with van der Waals surface area (Å²) >= 11 is 0. The van der Waals surface area contributed by atoms with Gasteiger partial charge < -0.3 is 9.64 Å². The summed E-state index contributed by atoms with van der Waals surface area (Å²) in [6.07, 6.45) is 2.74. The van der Waals surface area contributed by atoms with Gasteiger partial charge in [0.1, 0.15) is 18.4 Å². The van der Waals surface area contributed by atoms with E-state index in [4.69, 9.17) is 4.74 Å². The van der Waals surface area contributed by atoms with Crippen LogP contribution in [0, 0.1) is 18.8 Å². The van der Waals surface area contributed by atoms with Gasteiger partial charge in [0, 0.05) is 27.8 Å². The molecule has 38 heavy (non-hydrogen) atoms. The fraction of sp³-hybridized carbons (Fsp3) is 0.519. The Kier molecular flexibility index (Phi) is 8.29. The molecule has 9 nitrogen and oxygen atoms in total. The van der Waals surface area contributed by atoms with Gasteiger partial charge in [0.15, 0.2) is 0 Å². The topological polar surface area (TPSA) is 106 Å². The van der Waals surface area contributed by atoms with E-state index in [0.29, 0.717) is 35.5 Å². The molecule has 1 N–H and O–H groups in total. The molecule has 0 aliphatic carbocycles. The number of hydrogen-bond donors (Lipinski definition) is 1. The van der Waals surface area contributed by atoms with E-state index in [1.807, 2.05) is 6.07 Å². The van der Waals surface area contributed by atoms with Crippen molar-refractivity contribution in [3.05, 3.63) is 52.7 Å². The lowest BCUT2D eigenvalue weighted by molar-refractivity contribution is 0.0829. The van der Waals surface area contributed by atoms with Gasteiger partial charge in [0.2, 0.25) is 0 Å². The number of hydrogen-bond acceptors (Lipinski definition) is 7. The van der Waals surface area contributed by atoms with E-state index >= 15 is 0 Å². The number of anilines is 2. The predicted molar refractivity (Wildman–Crippen MR) is 155 cm³/mol. The molecule has 0 unspecified atom stereocenters. The van der Waals surface area contributed by atoms with Crippen LogP contribution in [-0.4, -0.2) is 50.7 Å². The maximum absolute atomic E-state index is 13.2. The van der Waals surface area contributed by atoms with Crippen molar-refractivity contribution < 1.29 is 13.2 Å². The zero-order chi connectivity index (χ0) is 27.7. The van der Waals surface area contributed by atoms with Crippen LogP contribution >= 0.6 is 0 Å². The summed E-state index contributed by atoms with van der Waals surface area (Å²) in [6.45, 7) is 15.5. The van der Waals surface area contributed by atoms with Crippen molar-refractivity contribution >= 4 is 40.5 Å². The zero-order valence-electron chi connectivity index (χ0n) is 23.2. The minimum atomic E-state index is -3.94. The number of fused-ring (bicyclic) bond motifs is 1. The van der Waals surface area contributed by atoms with Crippen LogP contribution in [0.5, 0.6) is 0 Å². The van der Waals surface area contributed by atoms with E-state index in [1.165, 1.54) is 29.3 Å². The highest BCUT2D eigenvalue weighted by Crippen LogP contribution is 2.26. The molecule has 3 aromatic rings. The molecular weight excluding hydrogens is 518 g/mol. The van der Waals surface area contributed by atoms with E-state index in [-0.39, 0.29) is 22.6 Å². The Hall–Kier alpha value is -2.76. The summed E-state index contributed by atoms with van der Waals surface area (Å²) in [6, 6.07) is 8.96. The van der Waals surface area contributed by atoms with E-state index in [1.54, 1.807) is 19.1 Å². The van der Waals surface area contributed by atoms with Crippen molar-refractivity contribution in [2.45, 2.75) is 64.5 Å². The van der Waals surface area contributed by atoms with Gasteiger partial charge in [-0.2, -0.15) is 0 Å². The Morgan fingerprint density at radius 2 is 1.82 bits per heavy atom. The highest BCUT2D eigenvalue weighted by Gasteiger charge is 2.23. The normalized spacial score (nSPS) is 18.6. The van der Waals surface area contributed by atoms with Gasteiger partial charge in [-0.25, -0.2) is 18.4 Å². The molecule has 0 spiro atoms. The number of nitrogens with zero attached hydrogens (tertiary/aromatic N) is 4. The molecule has 11 heteroatoms. The van der Waals surface area contributed by atoms with Crippen molar-refractivity contribution in [3.8, 4) is 0 Å². The summed E-state index contributed by atoms with van der Waals surface area (Å²) in [5, 5.41) is 0.231.